The number of hydrogen-bond acceptors (Lipinski definition) is 4. The van der Waals surface area contributed by atoms with Crippen LogP contribution in [0, 0.1) is 5.92 Å². The Bertz CT molecular complexity index is 624. The normalized spacial score (nSPS) is 20.0. The lowest BCUT2D eigenvalue weighted by molar-refractivity contribution is 0.767. The summed E-state index contributed by atoms with van der Waals surface area (Å²) in [6.07, 6.45) is 1.24. The Morgan fingerprint density at radius 3 is 2.87 bits per heavy atom. The van der Waals surface area contributed by atoms with Crippen molar-refractivity contribution in [3.05, 3.63) is 24.3 Å². The predicted octanol–water partition coefficient (Wildman–Crippen LogP) is 3.29. The van der Waals surface area contributed by atoms with Gasteiger partial charge < -0.3 is 16.0 Å². The van der Waals surface area contributed by atoms with E-state index in [1.54, 1.807) is 11.3 Å². The van der Waals surface area contributed by atoms with E-state index in [9.17, 15) is 0 Å². The van der Waals surface area contributed by atoms with Crippen molar-refractivity contribution in [2.45, 2.75) is 26.3 Å². The number of thiazole rings is 1. The third-order valence-electron chi connectivity index (χ3n) is 3.73. The predicted molar refractivity (Wildman–Crippen MR) is 110 cm³/mol. The number of nitrogens with zero attached hydrogens (tertiary/aromatic N) is 2. The third kappa shape index (κ3) is 5.20. The molecule has 0 radical (unpaired) electrons. The molecule has 2 unspecified atom stereocenters. The molecule has 1 aliphatic carbocycles. The van der Waals surface area contributed by atoms with E-state index >= 15 is 0 Å². The molecule has 0 aliphatic heterocycles. The Morgan fingerprint density at radius 1 is 1.39 bits per heavy atom. The largest absolute Gasteiger partial charge is 0.360 e. The van der Waals surface area contributed by atoms with Crippen LogP contribution < -0.4 is 16.0 Å². The number of nitrogens with one attached hydrogen (secondary N) is 3. The van der Waals surface area contributed by atoms with Gasteiger partial charge in [-0.2, -0.15) is 0 Å². The lowest BCUT2D eigenvalue weighted by atomic mass is 10.3. The van der Waals surface area contributed by atoms with Crippen molar-refractivity contribution in [2.75, 3.05) is 25.0 Å². The minimum atomic E-state index is 0. The van der Waals surface area contributed by atoms with Crippen molar-refractivity contribution >= 4 is 56.6 Å². The van der Waals surface area contributed by atoms with Crippen molar-refractivity contribution in [1.29, 1.82) is 0 Å². The zero-order chi connectivity index (χ0) is 15.4. The van der Waals surface area contributed by atoms with E-state index in [0.717, 1.165) is 42.2 Å². The monoisotopic (exact) mass is 445 g/mol. The van der Waals surface area contributed by atoms with Gasteiger partial charge in [-0.3, -0.25) is 4.99 Å². The molecule has 2 atom stereocenters. The topological polar surface area (TPSA) is 61.3 Å². The van der Waals surface area contributed by atoms with E-state index < -0.39 is 0 Å². The first-order valence-electron chi connectivity index (χ1n) is 7.90. The van der Waals surface area contributed by atoms with Gasteiger partial charge in [-0.15, -0.1) is 24.0 Å². The van der Waals surface area contributed by atoms with E-state index in [-0.39, 0.29) is 24.0 Å². The molecular weight excluding hydrogens is 421 g/mol. The molecule has 1 saturated carbocycles. The Balaban J connectivity index is 0.00000192. The van der Waals surface area contributed by atoms with E-state index in [1.165, 1.54) is 11.1 Å². The Kier molecular flexibility index (Phi) is 6.88. The summed E-state index contributed by atoms with van der Waals surface area (Å²) in [6.45, 7) is 6.75. The van der Waals surface area contributed by atoms with Crippen LogP contribution in [0.25, 0.3) is 10.2 Å². The summed E-state index contributed by atoms with van der Waals surface area (Å²) in [7, 11) is 0. The first-order chi connectivity index (χ1) is 10.8. The molecule has 23 heavy (non-hydrogen) atoms. The van der Waals surface area contributed by atoms with Crippen molar-refractivity contribution in [3.63, 3.8) is 0 Å². The molecule has 0 bridgehead atoms. The molecule has 2 aromatic rings. The van der Waals surface area contributed by atoms with Gasteiger partial charge in [-0.25, -0.2) is 4.98 Å². The summed E-state index contributed by atoms with van der Waals surface area (Å²) >= 11 is 1.69. The fourth-order valence-corrected chi connectivity index (χ4v) is 3.19. The number of hydrogen-bond donors (Lipinski definition) is 3. The van der Waals surface area contributed by atoms with E-state index in [1.807, 2.05) is 18.2 Å². The number of aromatic nitrogens is 1. The lowest BCUT2D eigenvalue weighted by Crippen LogP contribution is -2.39. The van der Waals surface area contributed by atoms with Gasteiger partial charge in [0.2, 0.25) is 0 Å². The minimum absolute atomic E-state index is 0. The van der Waals surface area contributed by atoms with Crippen LogP contribution in [0.1, 0.15) is 20.3 Å². The first kappa shape index (κ1) is 18.3. The molecule has 1 aliphatic rings. The maximum atomic E-state index is 4.61. The Morgan fingerprint density at radius 2 is 2.17 bits per heavy atom. The maximum absolute atomic E-state index is 4.61. The minimum Gasteiger partial charge on any atom is -0.360 e. The second-order valence-electron chi connectivity index (χ2n) is 5.64. The number of halogens is 1. The molecule has 1 fully saturated rings. The molecule has 3 N–H and O–H groups in total. The molecule has 1 aromatic carbocycles. The molecule has 1 aromatic heterocycles. The average Bonchev–Trinajstić information content (AvgIpc) is 3.05. The number of rotatable bonds is 6. The number of guanidine groups is 1. The average molecular weight is 445 g/mol. The van der Waals surface area contributed by atoms with Gasteiger partial charge in [0.15, 0.2) is 11.1 Å². The molecular formula is C16H24IN5S. The standard InChI is InChI=1S/C16H23N5S.HI/c1-3-17-15(20-13-10-11(13)2)18-8-9-19-16-21-12-6-4-5-7-14(12)22-16;/h4-7,11,13H,3,8-10H2,1-2H3,(H,19,21)(H2,17,18,20);1H. The van der Waals surface area contributed by atoms with Gasteiger partial charge in [-0.1, -0.05) is 30.4 Å². The van der Waals surface area contributed by atoms with Crippen LogP contribution in [0.3, 0.4) is 0 Å². The quantitative estimate of drug-likeness (QED) is 0.277. The highest BCUT2D eigenvalue weighted by atomic mass is 127. The van der Waals surface area contributed by atoms with Gasteiger partial charge in [0.25, 0.3) is 0 Å². The molecule has 126 valence electrons. The molecule has 0 amide bonds. The highest BCUT2D eigenvalue weighted by Gasteiger charge is 2.33. The molecule has 7 heteroatoms. The summed E-state index contributed by atoms with van der Waals surface area (Å²) in [6, 6.07) is 8.79. The van der Waals surface area contributed by atoms with E-state index in [2.05, 4.69) is 45.8 Å². The van der Waals surface area contributed by atoms with Crippen molar-refractivity contribution in [1.82, 2.24) is 15.6 Å². The van der Waals surface area contributed by atoms with Crippen molar-refractivity contribution < 1.29 is 0 Å². The third-order valence-corrected chi connectivity index (χ3v) is 4.72. The van der Waals surface area contributed by atoms with Gasteiger partial charge in [0.1, 0.15) is 0 Å². The molecule has 5 nitrogen and oxygen atoms in total. The van der Waals surface area contributed by atoms with Crippen LogP contribution in [-0.2, 0) is 0 Å². The van der Waals surface area contributed by atoms with Crippen LogP contribution in [0.15, 0.2) is 29.3 Å². The number of benzene rings is 1. The summed E-state index contributed by atoms with van der Waals surface area (Å²) in [5.74, 6) is 1.69. The van der Waals surface area contributed by atoms with Gasteiger partial charge in [0, 0.05) is 19.1 Å². The van der Waals surface area contributed by atoms with Crippen LogP contribution in [-0.4, -0.2) is 36.6 Å². The summed E-state index contributed by atoms with van der Waals surface area (Å²) in [4.78, 5) is 9.17. The van der Waals surface area contributed by atoms with E-state index in [0.29, 0.717) is 6.04 Å². The summed E-state index contributed by atoms with van der Waals surface area (Å²) in [5, 5.41) is 11.1. The Hall–Kier alpha value is -1.09. The molecule has 0 saturated heterocycles. The van der Waals surface area contributed by atoms with E-state index in [4.69, 9.17) is 0 Å². The van der Waals surface area contributed by atoms with Crippen LogP contribution >= 0.6 is 35.3 Å². The van der Waals surface area contributed by atoms with Crippen LogP contribution in [0.2, 0.25) is 0 Å². The van der Waals surface area contributed by atoms with Crippen LogP contribution in [0.5, 0.6) is 0 Å². The van der Waals surface area contributed by atoms with Gasteiger partial charge in [-0.05, 0) is 31.4 Å². The Labute approximate surface area is 158 Å². The zero-order valence-electron chi connectivity index (χ0n) is 13.5. The summed E-state index contributed by atoms with van der Waals surface area (Å²) < 4.78 is 1.21. The molecule has 1 heterocycles. The maximum Gasteiger partial charge on any atom is 0.191 e. The van der Waals surface area contributed by atoms with Gasteiger partial charge >= 0.3 is 0 Å². The van der Waals surface area contributed by atoms with Gasteiger partial charge in [0.05, 0.1) is 16.8 Å². The second-order valence-corrected chi connectivity index (χ2v) is 6.67. The number of aliphatic imine (C=N–C) groups is 1. The summed E-state index contributed by atoms with van der Waals surface area (Å²) in [5.41, 5.74) is 1.05. The smallest absolute Gasteiger partial charge is 0.191 e. The number of para-hydroxylation sites is 1. The van der Waals surface area contributed by atoms with Crippen molar-refractivity contribution in [3.8, 4) is 0 Å². The second kappa shape index (κ2) is 8.68. The first-order valence-corrected chi connectivity index (χ1v) is 8.72. The molecule has 0 spiro atoms. The highest BCUT2D eigenvalue weighted by Crippen LogP contribution is 2.28. The fourth-order valence-electron chi connectivity index (χ4n) is 2.30. The fraction of sp³-hybridized carbons (Fsp3) is 0.500. The van der Waals surface area contributed by atoms with Crippen LogP contribution in [0.4, 0.5) is 5.13 Å². The SMILES string of the molecule is CCNC(=NCCNc1nc2ccccc2s1)NC1CC1C.I. The van der Waals surface area contributed by atoms with Crippen molar-refractivity contribution in [2.24, 2.45) is 10.9 Å². The number of fused-ring (bicyclic) bond motifs is 1. The highest BCUT2D eigenvalue weighted by molar-refractivity contribution is 14.0. The number of anilines is 1. The molecule has 3 rings (SSSR count). The zero-order valence-corrected chi connectivity index (χ0v) is 16.7. The lowest BCUT2D eigenvalue weighted by Gasteiger charge is -2.10.